The van der Waals surface area contributed by atoms with Crippen LogP contribution in [0.15, 0.2) is 48.5 Å². The van der Waals surface area contributed by atoms with Crippen molar-refractivity contribution >= 4 is 5.78 Å². The second-order valence-electron chi connectivity index (χ2n) is 6.38. The number of ketones is 1. The first kappa shape index (κ1) is 26.1. The molecule has 2 aromatic carbocycles. The van der Waals surface area contributed by atoms with E-state index in [1.165, 1.54) is 18.2 Å². The summed E-state index contributed by atoms with van der Waals surface area (Å²) >= 11 is 0. The van der Waals surface area contributed by atoms with Crippen LogP contribution in [0.25, 0.3) is 11.1 Å². The lowest BCUT2D eigenvalue weighted by atomic mass is 9.96. The molecule has 178 valence electrons. The second-order valence-corrected chi connectivity index (χ2v) is 6.38. The summed E-state index contributed by atoms with van der Waals surface area (Å²) < 4.78 is 145. The molecule has 1 atom stereocenters. The molecule has 2 rings (SSSR count). The molecule has 1 unspecified atom stereocenters. The van der Waals surface area contributed by atoms with E-state index in [0.29, 0.717) is 23.3 Å². The maximum absolute atomic E-state index is 14.4. The number of alkyl halides is 11. The fourth-order valence-electron chi connectivity index (χ4n) is 2.49. The number of hydrogen-bond donors (Lipinski definition) is 0. The Labute approximate surface area is 178 Å². The van der Waals surface area contributed by atoms with E-state index >= 15 is 0 Å². The Morgan fingerprint density at radius 1 is 0.758 bits per heavy atom. The van der Waals surface area contributed by atoms with Crippen molar-refractivity contribution < 1.29 is 57.8 Å². The lowest BCUT2D eigenvalue weighted by Gasteiger charge is -2.34. The van der Waals surface area contributed by atoms with Crippen molar-refractivity contribution in [2.45, 2.75) is 30.2 Å². The zero-order valence-electron chi connectivity index (χ0n) is 15.7. The highest BCUT2D eigenvalue weighted by Gasteiger charge is 2.79. The zero-order chi connectivity index (χ0) is 25.5. The SMILES string of the molecule is C#Cc1ccccc1-c1ccc(C(=O)C(F)(OC(F)(F)C(F)(F)C(F)(F)F)C(F)(F)F)cc1. The van der Waals surface area contributed by atoms with Gasteiger partial charge in [0.15, 0.2) is 0 Å². The molecule has 2 nitrogen and oxygen atoms in total. The third-order valence-electron chi connectivity index (χ3n) is 4.19. The molecule has 0 spiro atoms. The van der Waals surface area contributed by atoms with Gasteiger partial charge in [0.1, 0.15) is 0 Å². The van der Waals surface area contributed by atoms with Crippen molar-refractivity contribution in [2.24, 2.45) is 0 Å². The summed E-state index contributed by atoms with van der Waals surface area (Å²) in [6.45, 7) is 0. The molecule has 0 fully saturated rings. The highest BCUT2D eigenvalue weighted by molar-refractivity contribution is 6.02. The summed E-state index contributed by atoms with van der Waals surface area (Å²) in [5.41, 5.74) is -0.521. The lowest BCUT2D eigenvalue weighted by Crippen LogP contribution is -2.61. The summed E-state index contributed by atoms with van der Waals surface area (Å²) in [5, 5.41) is 0. The summed E-state index contributed by atoms with van der Waals surface area (Å²) in [4.78, 5) is 12.0. The zero-order valence-corrected chi connectivity index (χ0v) is 15.7. The van der Waals surface area contributed by atoms with Gasteiger partial charge in [-0.1, -0.05) is 48.4 Å². The summed E-state index contributed by atoms with van der Waals surface area (Å²) in [6.07, 6.45) is -15.7. The molecule has 0 amide bonds. The van der Waals surface area contributed by atoms with Gasteiger partial charge in [-0.25, -0.2) is 0 Å². The Morgan fingerprint density at radius 2 is 1.27 bits per heavy atom. The van der Waals surface area contributed by atoms with Crippen LogP contribution >= 0.6 is 0 Å². The highest BCUT2D eigenvalue weighted by Crippen LogP contribution is 2.51. The van der Waals surface area contributed by atoms with Crippen LogP contribution in [0.5, 0.6) is 0 Å². The number of carbonyl (C=O) groups is 1. The van der Waals surface area contributed by atoms with Gasteiger partial charge in [0.05, 0.1) is 0 Å². The Hall–Kier alpha value is -3.14. The Bertz CT molecular complexity index is 1060. The molecule has 13 heteroatoms. The molecule has 0 radical (unpaired) electrons. The number of ether oxygens (including phenoxy) is 1. The normalized spacial score (nSPS) is 15.0. The van der Waals surface area contributed by atoms with Gasteiger partial charge in [0, 0.05) is 11.1 Å². The molecule has 0 aliphatic carbocycles. The maximum atomic E-state index is 14.4. The van der Waals surface area contributed by atoms with Gasteiger partial charge in [0.2, 0.25) is 5.78 Å². The largest absolute Gasteiger partial charge is 0.462 e. The minimum atomic E-state index is -7.26. The predicted molar refractivity (Wildman–Crippen MR) is 91.1 cm³/mol. The van der Waals surface area contributed by atoms with Gasteiger partial charge in [-0.05, 0) is 17.2 Å². The Morgan fingerprint density at radius 3 is 1.73 bits per heavy atom. The number of halogens is 11. The van der Waals surface area contributed by atoms with Crippen LogP contribution in [0.4, 0.5) is 48.3 Å². The molecule has 2 aromatic rings. The van der Waals surface area contributed by atoms with Crippen molar-refractivity contribution in [3.05, 3.63) is 59.7 Å². The van der Waals surface area contributed by atoms with Gasteiger partial charge in [0.25, 0.3) is 0 Å². The van der Waals surface area contributed by atoms with E-state index in [0.717, 1.165) is 12.1 Å². The first-order valence-corrected chi connectivity index (χ1v) is 8.38. The van der Waals surface area contributed by atoms with Gasteiger partial charge in [-0.3, -0.25) is 9.53 Å². The van der Waals surface area contributed by atoms with Crippen molar-refractivity contribution in [2.75, 3.05) is 0 Å². The van der Waals surface area contributed by atoms with Crippen LogP contribution in [-0.2, 0) is 4.74 Å². The van der Waals surface area contributed by atoms with E-state index in [1.807, 2.05) is 0 Å². The van der Waals surface area contributed by atoms with Gasteiger partial charge in [-0.2, -0.15) is 48.3 Å². The number of benzene rings is 2. The molecule has 0 bridgehead atoms. The topological polar surface area (TPSA) is 26.3 Å². The lowest BCUT2D eigenvalue weighted by molar-refractivity contribution is -0.470. The first-order chi connectivity index (χ1) is 14.9. The summed E-state index contributed by atoms with van der Waals surface area (Å²) in [5.74, 6) is -14.2. The molecule has 0 aromatic heterocycles. The molecule has 0 heterocycles. The van der Waals surface area contributed by atoms with Crippen LogP contribution in [-0.4, -0.2) is 36.0 Å². The standard InChI is InChI=1S/C20H9F11O2/c1-2-11-5-3-4-6-14(11)12-7-9-13(10-8-12)15(32)16(21,18(24,25)26)33-20(30,31)17(22,23)19(27,28)29/h1,3-10H. The molecule has 33 heavy (non-hydrogen) atoms. The van der Waals surface area contributed by atoms with Crippen LogP contribution in [0.1, 0.15) is 15.9 Å². The Balaban J connectivity index is 2.49. The van der Waals surface area contributed by atoms with Crippen LogP contribution in [0, 0.1) is 12.3 Å². The van der Waals surface area contributed by atoms with Crippen LogP contribution < -0.4 is 0 Å². The van der Waals surface area contributed by atoms with Crippen molar-refractivity contribution in [1.82, 2.24) is 0 Å². The van der Waals surface area contributed by atoms with E-state index in [-0.39, 0.29) is 5.56 Å². The molecule has 0 aliphatic rings. The van der Waals surface area contributed by atoms with E-state index in [2.05, 4.69) is 10.7 Å². The van der Waals surface area contributed by atoms with E-state index in [9.17, 15) is 53.1 Å². The average Bonchev–Trinajstić information content (AvgIpc) is 2.71. The van der Waals surface area contributed by atoms with Gasteiger partial charge in [-0.15, -0.1) is 6.42 Å². The maximum Gasteiger partial charge on any atom is 0.462 e. The molecule has 0 saturated carbocycles. The summed E-state index contributed by atoms with van der Waals surface area (Å²) in [7, 11) is 0. The molecule has 0 saturated heterocycles. The summed E-state index contributed by atoms with van der Waals surface area (Å²) in [6, 6.07) is 8.83. The molecule has 0 aliphatic heterocycles. The number of hydrogen-bond acceptors (Lipinski definition) is 2. The minimum absolute atomic E-state index is 0.173. The smallest absolute Gasteiger partial charge is 0.287 e. The van der Waals surface area contributed by atoms with E-state index < -0.39 is 41.6 Å². The number of Topliss-reactive ketones (excluding diaryl/α,β-unsaturated/α-hetero) is 1. The molecule has 0 N–H and O–H groups in total. The number of terminal acetylenes is 1. The third kappa shape index (κ3) is 4.66. The number of carbonyl (C=O) groups excluding carboxylic acids is 1. The molecular weight excluding hydrogens is 481 g/mol. The van der Waals surface area contributed by atoms with Crippen molar-refractivity contribution in [3.8, 4) is 23.5 Å². The van der Waals surface area contributed by atoms with Crippen molar-refractivity contribution in [3.63, 3.8) is 0 Å². The fraction of sp³-hybridized carbons (Fsp3) is 0.250. The second kappa shape index (κ2) is 8.33. The van der Waals surface area contributed by atoms with E-state index in [1.54, 1.807) is 6.07 Å². The monoisotopic (exact) mass is 490 g/mol. The quantitative estimate of drug-likeness (QED) is 0.261. The van der Waals surface area contributed by atoms with Crippen molar-refractivity contribution in [1.29, 1.82) is 0 Å². The number of rotatable bonds is 6. The minimum Gasteiger partial charge on any atom is -0.287 e. The van der Waals surface area contributed by atoms with Crippen LogP contribution in [0.2, 0.25) is 0 Å². The van der Waals surface area contributed by atoms with E-state index in [4.69, 9.17) is 6.42 Å². The predicted octanol–water partition coefficient (Wildman–Crippen LogP) is 6.55. The van der Waals surface area contributed by atoms with Gasteiger partial charge >= 0.3 is 30.2 Å². The Kier molecular flexibility index (Phi) is 6.59. The van der Waals surface area contributed by atoms with Gasteiger partial charge < -0.3 is 0 Å². The van der Waals surface area contributed by atoms with Crippen LogP contribution in [0.3, 0.4) is 0 Å². The molecular formula is C20H9F11O2. The third-order valence-corrected chi connectivity index (χ3v) is 4.19. The first-order valence-electron chi connectivity index (χ1n) is 8.38. The highest BCUT2D eigenvalue weighted by atomic mass is 19.4. The average molecular weight is 490 g/mol. The fourth-order valence-corrected chi connectivity index (χ4v) is 2.49.